The molecule has 2 aromatic heterocycles. The second-order valence-electron chi connectivity index (χ2n) is 8.94. The molecule has 31 heavy (non-hydrogen) atoms. The van der Waals surface area contributed by atoms with E-state index in [1.807, 2.05) is 0 Å². The summed E-state index contributed by atoms with van der Waals surface area (Å²) in [4.78, 5) is 38.8. The van der Waals surface area contributed by atoms with Crippen LogP contribution < -0.4 is 10.9 Å². The summed E-state index contributed by atoms with van der Waals surface area (Å²) in [5.74, 6) is -0.648. The molecule has 0 saturated heterocycles. The van der Waals surface area contributed by atoms with Gasteiger partial charge in [0.05, 0.1) is 18.1 Å². The van der Waals surface area contributed by atoms with E-state index in [2.05, 4.69) is 26.1 Å². The number of rotatable bonds is 3. The minimum absolute atomic E-state index is 0.0987. The highest BCUT2D eigenvalue weighted by Crippen LogP contribution is 2.44. The van der Waals surface area contributed by atoms with Crippen LogP contribution in [-0.2, 0) is 17.6 Å². The SMILES string of the molecule is COC(=O)c1c(NC(=O)c2cc3ccccc3c(=O)o2)sc2c1CCC(C(C)(C)C)C2. The molecule has 1 atom stereocenters. The first kappa shape index (κ1) is 21.3. The van der Waals surface area contributed by atoms with Gasteiger partial charge in [0.1, 0.15) is 5.00 Å². The van der Waals surface area contributed by atoms with Gasteiger partial charge in [-0.15, -0.1) is 11.3 Å². The zero-order valence-electron chi connectivity index (χ0n) is 18.0. The van der Waals surface area contributed by atoms with Gasteiger partial charge in [-0.1, -0.05) is 39.0 Å². The molecule has 4 rings (SSSR count). The quantitative estimate of drug-likeness (QED) is 0.578. The van der Waals surface area contributed by atoms with Crippen LogP contribution in [0.25, 0.3) is 10.8 Å². The summed E-state index contributed by atoms with van der Waals surface area (Å²) in [6.07, 6.45) is 2.59. The third-order valence-corrected chi connectivity index (χ3v) is 7.17. The van der Waals surface area contributed by atoms with Gasteiger partial charge < -0.3 is 14.5 Å². The fourth-order valence-corrected chi connectivity index (χ4v) is 5.45. The first-order chi connectivity index (χ1) is 14.7. The normalized spacial score (nSPS) is 16.1. The zero-order chi connectivity index (χ0) is 22.3. The fourth-order valence-electron chi connectivity index (χ4n) is 4.14. The van der Waals surface area contributed by atoms with Gasteiger partial charge in [-0.25, -0.2) is 9.59 Å². The van der Waals surface area contributed by atoms with Crippen molar-refractivity contribution in [3.05, 3.63) is 62.5 Å². The highest BCUT2D eigenvalue weighted by Gasteiger charge is 2.34. The molecule has 0 radical (unpaired) electrons. The predicted molar refractivity (Wildman–Crippen MR) is 121 cm³/mol. The monoisotopic (exact) mass is 439 g/mol. The lowest BCUT2D eigenvalue weighted by Crippen LogP contribution is -2.26. The summed E-state index contributed by atoms with van der Waals surface area (Å²) >= 11 is 1.40. The summed E-state index contributed by atoms with van der Waals surface area (Å²) in [5, 5.41) is 4.26. The maximum atomic E-state index is 12.9. The van der Waals surface area contributed by atoms with Crippen molar-refractivity contribution in [2.75, 3.05) is 12.4 Å². The van der Waals surface area contributed by atoms with Crippen molar-refractivity contribution in [2.24, 2.45) is 11.3 Å². The molecule has 3 aromatic rings. The van der Waals surface area contributed by atoms with Crippen LogP contribution in [0.15, 0.2) is 39.5 Å². The predicted octanol–water partition coefficient (Wildman–Crippen LogP) is 5.04. The van der Waals surface area contributed by atoms with Crippen LogP contribution in [0.3, 0.4) is 0 Å². The number of amides is 1. The molecule has 0 aliphatic heterocycles. The third kappa shape index (κ3) is 4.02. The Morgan fingerprint density at radius 3 is 2.68 bits per heavy atom. The van der Waals surface area contributed by atoms with E-state index in [9.17, 15) is 14.4 Å². The molecule has 1 aliphatic rings. The Kier molecular flexibility index (Phi) is 5.47. The van der Waals surface area contributed by atoms with E-state index in [1.165, 1.54) is 24.5 Å². The Hall–Kier alpha value is -2.93. The molecule has 1 amide bonds. The second-order valence-corrected chi connectivity index (χ2v) is 10.0. The Morgan fingerprint density at radius 1 is 1.23 bits per heavy atom. The maximum absolute atomic E-state index is 12.9. The lowest BCUT2D eigenvalue weighted by Gasteiger charge is -2.33. The van der Waals surface area contributed by atoms with Crippen LogP contribution in [0.5, 0.6) is 0 Å². The van der Waals surface area contributed by atoms with Crippen LogP contribution in [0.2, 0.25) is 0 Å². The molecule has 162 valence electrons. The van der Waals surface area contributed by atoms with Crippen LogP contribution in [-0.4, -0.2) is 19.0 Å². The van der Waals surface area contributed by atoms with Crippen molar-refractivity contribution >= 4 is 39.0 Å². The number of ether oxygens (including phenoxy) is 1. The molecule has 7 heteroatoms. The van der Waals surface area contributed by atoms with Gasteiger partial charge in [-0.2, -0.15) is 0 Å². The number of carbonyl (C=O) groups excluding carboxylic acids is 2. The van der Waals surface area contributed by atoms with Gasteiger partial charge >= 0.3 is 11.6 Å². The summed E-state index contributed by atoms with van der Waals surface area (Å²) in [6, 6.07) is 8.46. The molecule has 1 unspecified atom stereocenters. The number of thiophene rings is 1. The van der Waals surface area contributed by atoms with Gasteiger partial charge in [0.15, 0.2) is 5.76 Å². The van der Waals surface area contributed by atoms with E-state index in [0.717, 1.165) is 29.7 Å². The Bertz CT molecular complexity index is 1230. The van der Waals surface area contributed by atoms with Crippen molar-refractivity contribution in [1.29, 1.82) is 0 Å². The van der Waals surface area contributed by atoms with E-state index < -0.39 is 17.5 Å². The Labute approximate surface area is 184 Å². The van der Waals surface area contributed by atoms with Gasteiger partial charge in [-0.05, 0) is 53.7 Å². The highest BCUT2D eigenvalue weighted by atomic mass is 32.1. The number of nitrogens with one attached hydrogen (secondary N) is 1. The number of benzene rings is 1. The molecule has 1 aromatic carbocycles. The first-order valence-corrected chi connectivity index (χ1v) is 11.1. The molecule has 1 aliphatic carbocycles. The number of hydrogen-bond acceptors (Lipinski definition) is 6. The lowest BCUT2D eigenvalue weighted by atomic mass is 9.72. The Morgan fingerprint density at radius 2 is 1.97 bits per heavy atom. The van der Waals surface area contributed by atoms with Gasteiger partial charge in [0.25, 0.3) is 5.91 Å². The molecule has 1 N–H and O–H groups in total. The maximum Gasteiger partial charge on any atom is 0.344 e. The van der Waals surface area contributed by atoms with Crippen molar-refractivity contribution in [1.82, 2.24) is 0 Å². The molecule has 6 nitrogen and oxygen atoms in total. The van der Waals surface area contributed by atoms with Crippen LogP contribution >= 0.6 is 11.3 Å². The average molecular weight is 440 g/mol. The fraction of sp³-hybridized carbons (Fsp3) is 0.375. The van der Waals surface area contributed by atoms with Gasteiger partial charge in [0.2, 0.25) is 0 Å². The number of esters is 1. The molecule has 0 bridgehead atoms. The number of methoxy groups -OCH3 is 1. The van der Waals surface area contributed by atoms with Crippen molar-refractivity contribution in [3.8, 4) is 0 Å². The third-order valence-electron chi connectivity index (χ3n) is 6.00. The summed E-state index contributed by atoms with van der Waals surface area (Å²) in [5.41, 5.74) is 0.944. The van der Waals surface area contributed by atoms with E-state index in [4.69, 9.17) is 9.15 Å². The van der Waals surface area contributed by atoms with Crippen molar-refractivity contribution in [2.45, 2.75) is 40.0 Å². The summed E-state index contributed by atoms with van der Waals surface area (Å²) in [7, 11) is 1.33. The lowest BCUT2D eigenvalue weighted by molar-refractivity contribution is 0.0600. The minimum atomic E-state index is -0.574. The number of carbonyl (C=O) groups is 2. The molecule has 2 heterocycles. The summed E-state index contributed by atoms with van der Waals surface area (Å²) < 4.78 is 10.2. The standard InChI is InChI=1S/C24H25NO5S/c1-24(2,3)14-9-10-16-18(12-14)31-21(19(16)23(28)29-4)25-20(26)17-11-13-7-5-6-8-15(13)22(27)30-17/h5-8,11,14H,9-10,12H2,1-4H3,(H,25,26). The van der Waals surface area contributed by atoms with Crippen molar-refractivity contribution < 1.29 is 18.7 Å². The van der Waals surface area contributed by atoms with Crippen molar-refractivity contribution in [3.63, 3.8) is 0 Å². The second kappa shape index (κ2) is 7.96. The number of anilines is 1. The summed E-state index contributed by atoms with van der Waals surface area (Å²) in [6.45, 7) is 6.67. The van der Waals surface area contributed by atoms with Crippen LogP contribution in [0.1, 0.15) is 58.5 Å². The molecule has 0 saturated carbocycles. The van der Waals surface area contributed by atoms with E-state index in [0.29, 0.717) is 27.3 Å². The molecular formula is C24H25NO5S. The van der Waals surface area contributed by atoms with E-state index in [-0.39, 0.29) is 11.2 Å². The highest BCUT2D eigenvalue weighted by molar-refractivity contribution is 7.17. The first-order valence-electron chi connectivity index (χ1n) is 10.3. The topological polar surface area (TPSA) is 85.6 Å². The Balaban J connectivity index is 1.70. The smallest absolute Gasteiger partial charge is 0.344 e. The average Bonchev–Trinajstić information content (AvgIpc) is 3.09. The molecular weight excluding hydrogens is 414 g/mol. The zero-order valence-corrected chi connectivity index (χ0v) is 18.9. The van der Waals surface area contributed by atoms with Gasteiger partial charge in [0, 0.05) is 4.88 Å². The largest absolute Gasteiger partial charge is 0.465 e. The van der Waals surface area contributed by atoms with Crippen LogP contribution in [0.4, 0.5) is 5.00 Å². The minimum Gasteiger partial charge on any atom is -0.465 e. The van der Waals surface area contributed by atoms with Crippen LogP contribution in [0, 0.1) is 11.3 Å². The van der Waals surface area contributed by atoms with Gasteiger partial charge in [-0.3, -0.25) is 4.79 Å². The molecule has 0 fully saturated rings. The van der Waals surface area contributed by atoms with E-state index in [1.54, 1.807) is 24.3 Å². The number of fused-ring (bicyclic) bond motifs is 2. The van der Waals surface area contributed by atoms with E-state index >= 15 is 0 Å². The number of hydrogen-bond donors (Lipinski definition) is 1. The molecule has 0 spiro atoms.